The zero-order valence-electron chi connectivity index (χ0n) is 16.0. The van der Waals surface area contributed by atoms with Gasteiger partial charge in [0.05, 0.1) is 11.9 Å². The average molecular weight is 387 g/mol. The molecule has 1 aliphatic carbocycles. The SMILES string of the molecule is Cc1ccccc1-n1cc(/C=N\NC(=O)C(=O)NC2CC2)c(-c2ccccc2)n1. The van der Waals surface area contributed by atoms with Crippen molar-refractivity contribution in [3.63, 3.8) is 0 Å². The molecule has 7 heteroatoms. The standard InChI is InChI=1S/C22H21N5O2/c1-15-7-5-6-10-19(15)27-14-17(20(26-27)16-8-3-2-4-9-16)13-23-25-22(29)21(28)24-18-11-12-18/h2-10,13-14,18H,11-12H2,1H3,(H,24,28)(H,25,29)/b23-13-. The molecule has 7 nitrogen and oxygen atoms in total. The zero-order valence-corrected chi connectivity index (χ0v) is 16.0. The van der Waals surface area contributed by atoms with E-state index in [0.29, 0.717) is 0 Å². The van der Waals surface area contributed by atoms with Crippen molar-refractivity contribution in [3.05, 3.63) is 71.9 Å². The van der Waals surface area contributed by atoms with Crippen molar-refractivity contribution in [2.75, 3.05) is 0 Å². The van der Waals surface area contributed by atoms with E-state index in [4.69, 9.17) is 5.10 Å². The first-order valence-corrected chi connectivity index (χ1v) is 9.47. The van der Waals surface area contributed by atoms with E-state index in [1.807, 2.05) is 67.7 Å². The van der Waals surface area contributed by atoms with Crippen LogP contribution in [-0.4, -0.2) is 33.9 Å². The highest BCUT2D eigenvalue weighted by Gasteiger charge is 2.26. The molecule has 2 amide bonds. The number of aromatic nitrogens is 2. The van der Waals surface area contributed by atoms with Crippen molar-refractivity contribution in [1.82, 2.24) is 20.5 Å². The normalized spacial score (nSPS) is 13.4. The van der Waals surface area contributed by atoms with Gasteiger partial charge in [-0.2, -0.15) is 10.2 Å². The summed E-state index contributed by atoms with van der Waals surface area (Å²) in [5, 5.41) is 11.3. The van der Waals surface area contributed by atoms with Gasteiger partial charge in [0, 0.05) is 23.4 Å². The molecule has 0 unspecified atom stereocenters. The zero-order chi connectivity index (χ0) is 20.2. The van der Waals surface area contributed by atoms with Gasteiger partial charge in [-0.15, -0.1) is 0 Å². The van der Waals surface area contributed by atoms with E-state index in [2.05, 4.69) is 15.8 Å². The molecule has 0 saturated heterocycles. The topological polar surface area (TPSA) is 88.4 Å². The van der Waals surface area contributed by atoms with Crippen LogP contribution >= 0.6 is 0 Å². The van der Waals surface area contributed by atoms with E-state index >= 15 is 0 Å². The van der Waals surface area contributed by atoms with E-state index in [-0.39, 0.29) is 6.04 Å². The smallest absolute Gasteiger partial charge is 0.329 e. The Morgan fingerprint density at radius 3 is 2.52 bits per heavy atom. The molecule has 0 radical (unpaired) electrons. The summed E-state index contributed by atoms with van der Waals surface area (Å²) >= 11 is 0. The third kappa shape index (κ3) is 4.40. The monoisotopic (exact) mass is 387 g/mol. The van der Waals surface area contributed by atoms with Gasteiger partial charge in [-0.05, 0) is 31.4 Å². The van der Waals surface area contributed by atoms with Crippen molar-refractivity contribution in [1.29, 1.82) is 0 Å². The molecule has 0 aliphatic heterocycles. The number of amides is 2. The van der Waals surface area contributed by atoms with Crippen LogP contribution in [-0.2, 0) is 9.59 Å². The van der Waals surface area contributed by atoms with E-state index < -0.39 is 11.8 Å². The maximum absolute atomic E-state index is 11.9. The molecule has 1 fully saturated rings. The van der Waals surface area contributed by atoms with Gasteiger partial charge >= 0.3 is 11.8 Å². The van der Waals surface area contributed by atoms with Crippen LogP contribution < -0.4 is 10.7 Å². The first-order chi connectivity index (χ1) is 14.1. The maximum Gasteiger partial charge on any atom is 0.329 e. The second-order valence-corrected chi connectivity index (χ2v) is 6.98. The summed E-state index contributed by atoms with van der Waals surface area (Å²) < 4.78 is 1.79. The van der Waals surface area contributed by atoms with E-state index in [1.54, 1.807) is 4.68 Å². The minimum Gasteiger partial charge on any atom is -0.345 e. The van der Waals surface area contributed by atoms with Crippen molar-refractivity contribution in [3.8, 4) is 16.9 Å². The van der Waals surface area contributed by atoms with Crippen molar-refractivity contribution in [2.24, 2.45) is 5.10 Å². The number of nitrogens with zero attached hydrogens (tertiary/aromatic N) is 3. The predicted octanol–water partition coefficient (Wildman–Crippen LogP) is 2.58. The molecular weight excluding hydrogens is 366 g/mol. The van der Waals surface area contributed by atoms with Crippen molar-refractivity contribution < 1.29 is 9.59 Å². The molecule has 1 aliphatic rings. The quantitative estimate of drug-likeness (QED) is 0.401. The number of rotatable bonds is 5. The second-order valence-electron chi connectivity index (χ2n) is 6.98. The van der Waals surface area contributed by atoms with E-state index in [1.165, 1.54) is 6.21 Å². The van der Waals surface area contributed by atoms with Gasteiger partial charge in [-0.3, -0.25) is 9.59 Å². The molecule has 2 N–H and O–H groups in total. The third-order valence-corrected chi connectivity index (χ3v) is 4.64. The molecule has 4 rings (SSSR count). The summed E-state index contributed by atoms with van der Waals surface area (Å²) in [6.45, 7) is 2.02. The Hall–Kier alpha value is -3.74. The molecule has 0 bridgehead atoms. The maximum atomic E-state index is 11.9. The molecule has 0 atom stereocenters. The van der Waals surface area contributed by atoms with Crippen LogP contribution in [0.3, 0.4) is 0 Å². The Balaban J connectivity index is 1.60. The molecule has 1 heterocycles. The van der Waals surface area contributed by atoms with Gasteiger partial charge in [0.25, 0.3) is 0 Å². The van der Waals surface area contributed by atoms with Crippen LogP contribution in [0.4, 0.5) is 0 Å². The number of benzene rings is 2. The number of carbonyl (C=O) groups is 2. The molecule has 3 aromatic rings. The number of aryl methyl sites for hydroxylation is 1. The second kappa shape index (κ2) is 8.10. The Kier molecular flexibility index (Phi) is 5.20. The minimum atomic E-state index is -0.777. The molecule has 2 aromatic carbocycles. The molecule has 146 valence electrons. The lowest BCUT2D eigenvalue weighted by atomic mass is 10.1. The van der Waals surface area contributed by atoms with Crippen molar-refractivity contribution in [2.45, 2.75) is 25.8 Å². The summed E-state index contributed by atoms with van der Waals surface area (Å²) in [6, 6.07) is 17.8. The first kappa shape index (κ1) is 18.6. The fourth-order valence-electron chi connectivity index (χ4n) is 2.94. The highest BCUT2D eigenvalue weighted by molar-refractivity contribution is 6.35. The van der Waals surface area contributed by atoms with Crippen LogP contribution in [0.5, 0.6) is 0 Å². The lowest BCUT2D eigenvalue weighted by molar-refractivity contribution is -0.139. The summed E-state index contributed by atoms with van der Waals surface area (Å²) in [7, 11) is 0. The lowest BCUT2D eigenvalue weighted by Gasteiger charge is -2.04. The Labute approximate surface area is 168 Å². The largest absolute Gasteiger partial charge is 0.345 e. The van der Waals surface area contributed by atoms with Gasteiger partial charge < -0.3 is 5.32 Å². The average Bonchev–Trinajstić information content (AvgIpc) is 3.45. The summed E-state index contributed by atoms with van der Waals surface area (Å²) in [5.74, 6) is -1.44. The summed E-state index contributed by atoms with van der Waals surface area (Å²) in [6.07, 6.45) is 5.19. The highest BCUT2D eigenvalue weighted by Crippen LogP contribution is 2.23. The number of hydrazone groups is 1. The van der Waals surface area contributed by atoms with Crippen LogP contribution in [0, 0.1) is 6.92 Å². The minimum absolute atomic E-state index is 0.120. The fraction of sp³-hybridized carbons (Fsp3) is 0.182. The Morgan fingerprint density at radius 1 is 1.07 bits per heavy atom. The molecule has 1 aromatic heterocycles. The third-order valence-electron chi connectivity index (χ3n) is 4.64. The highest BCUT2D eigenvalue weighted by atomic mass is 16.2. The van der Waals surface area contributed by atoms with E-state index in [0.717, 1.165) is 40.9 Å². The summed E-state index contributed by atoms with van der Waals surface area (Å²) in [4.78, 5) is 23.6. The summed E-state index contributed by atoms with van der Waals surface area (Å²) in [5.41, 5.74) is 6.71. The van der Waals surface area contributed by atoms with Gasteiger partial charge in [-0.25, -0.2) is 10.1 Å². The first-order valence-electron chi connectivity index (χ1n) is 9.47. The van der Waals surface area contributed by atoms with Crippen molar-refractivity contribution >= 4 is 18.0 Å². The number of carbonyl (C=O) groups excluding carboxylic acids is 2. The fourth-order valence-corrected chi connectivity index (χ4v) is 2.94. The molecule has 29 heavy (non-hydrogen) atoms. The predicted molar refractivity (Wildman–Crippen MR) is 111 cm³/mol. The van der Waals surface area contributed by atoms with Gasteiger partial charge in [0.1, 0.15) is 5.69 Å². The lowest BCUT2D eigenvalue weighted by Crippen LogP contribution is -2.38. The molecular formula is C22H21N5O2. The molecule has 1 saturated carbocycles. The van der Waals surface area contributed by atoms with Gasteiger partial charge in [0.2, 0.25) is 0 Å². The number of hydrogen-bond donors (Lipinski definition) is 2. The molecule has 0 spiro atoms. The Bertz CT molecular complexity index is 1070. The Morgan fingerprint density at radius 2 is 1.79 bits per heavy atom. The number of hydrogen-bond acceptors (Lipinski definition) is 4. The van der Waals surface area contributed by atoms with Crippen LogP contribution in [0.1, 0.15) is 24.0 Å². The van der Waals surface area contributed by atoms with Gasteiger partial charge in [0.15, 0.2) is 0 Å². The number of para-hydroxylation sites is 1. The van der Waals surface area contributed by atoms with Gasteiger partial charge in [-0.1, -0.05) is 48.5 Å². The number of nitrogens with one attached hydrogen (secondary N) is 2. The van der Waals surface area contributed by atoms with Crippen LogP contribution in [0.15, 0.2) is 65.9 Å². The van der Waals surface area contributed by atoms with Crippen LogP contribution in [0.25, 0.3) is 16.9 Å². The van der Waals surface area contributed by atoms with Crippen LogP contribution in [0.2, 0.25) is 0 Å². The van der Waals surface area contributed by atoms with E-state index in [9.17, 15) is 9.59 Å².